The van der Waals surface area contributed by atoms with Crippen LogP contribution < -0.4 is 4.90 Å². The average Bonchev–Trinajstić information content (AvgIpc) is 2.43. The van der Waals surface area contributed by atoms with Gasteiger partial charge in [0.25, 0.3) is 0 Å². The fraction of sp³-hybridized carbons (Fsp3) is 0.231. The fourth-order valence-electron chi connectivity index (χ4n) is 1.83. The Bertz CT molecular complexity index is 609. The Morgan fingerprint density at radius 3 is 2.89 bits per heavy atom. The van der Waals surface area contributed by atoms with Crippen molar-refractivity contribution in [3.05, 3.63) is 36.9 Å². The molecule has 0 bridgehead atoms. The topological polar surface area (TPSA) is 79.2 Å². The van der Waals surface area contributed by atoms with Crippen molar-refractivity contribution in [3.8, 4) is 0 Å². The minimum atomic E-state index is -0.926. The SMILES string of the molecule is C=CCN(c1nnnc2ccccc12)C(C)C(=O)O. The molecule has 0 aliphatic rings. The van der Waals surface area contributed by atoms with Gasteiger partial charge in [0.05, 0.1) is 5.52 Å². The molecule has 1 aromatic heterocycles. The third-order valence-corrected chi connectivity index (χ3v) is 2.86. The number of aromatic nitrogens is 3. The first-order chi connectivity index (χ1) is 9.15. The second-order valence-electron chi connectivity index (χ2n) is 4.09. The van der Waals surface area contributed by atoms with Crippen LogP contribution in [0.15, 0.2) is 36.9 Å². The number of hydrogen-bond donors (Lipinski definition) is 1. The van der Waals surface area contributed by atoms with Crippen LogP contribution >= 0.6 is 0 Å². The molecule has 6 heteroatoms. The van der Waals surface area contributed by atoms with Crippen LogP contribution in [0.4, 0.5) is 5.82 Å². The maximum absolute atomic E-state index is 11.2. The van der Waals surface area contributed by atoms with E-state index in [4.69, 9.17) is 0 Å². The Labute approximate surface area is 110 Å². The van der Waals surface area contributed by atoms with Crippen LogP contribution in [-0.4, -0.2) is 39.1 Å². The van der Waals surface area contributed by atoms with Crippen molar-refractivity contribution in [1.29, 1.82) is 0 Å². The van der Waals surface area contributed by atoms with Crippen molar-refractivity contribution >= 4 is 22.7 Å². The molecular formula is C13H14N4O2. The predicted molar refractivity (Wildman–Crippen MR) is 72.0 cm³/mol. The molecule has 0 aliphatic carbocycles. The van der Waals surface area contributed by atoms with Gasteiger partial charge in [-0.05, 0) is 24.3 Å². The Balaban J connectivity index is 2.55. The van der Waals surface area contributed by atoms with E-state index in [-0.39, 0.29) is 0 Å². The summed E-state index contributed by atoms with van der Waals surface area (Å²) in [5, 5.41) is 21.5. The van der Waals surface area contributed by atoms with Crippen LogP contribution in [0.3, 0.4) is 0 Å². The lowest BCUT2D eigenvalue weighted by molar-refractivity contribution is -0.138. The minimum absolute atomic E-state index is 0.371. The second kappa shape index (κ2) is 5.43. The molecule has 0 spiro atoms. The highest BCUT2D eigenvalue weighted by atomic mass is 16.4. The molecule has 1 heterocycles. The summed E-state index contributed by atoms with van der Waals surface area (Å²) in [5.74, 6) is -0.426. The van der Waals surface area contributed by atoms with Gasteiger partial charge in [0.1, 0.15) is 6.04 Å². The van der Waals surface area contributed by atoms with Gasteiger partial charge in [0.15, 0.2) is 5.82 Å². The molecule has 0 amide bonds. The number of carboxylic acid groups (broad SMARTS) is 1. The maximum Gasteiger partial charge on any atom is 0.326 e. The van der Waals surface area contributed by atoms with E-state index in [2.05, 4.69) is 22.0 Å². The second-order valence-corrected chi connectivity index (χ2v) is 4.09. The number of benzene rings is 1. The molecule has 0 saturated carbocycles. The molecule has 0 fully saturated rings. The molecule has 0 radical (unpaired) electrons. The van der Waals surface area contributed by atoms with Gasteiger partial charge in [-0.2, -0.15) is 0 Å². The van der Waals surface area contributed by atoms with E-state index >= 15 is 0 Å². The van der Waals surface area contributed by atoms with Crippen molar-refractivity contribution in [2.75, 3.05) is 11.4 Å². The zero-order chi connectivity index (χ0) is 13.8. The summed E-state index contributed by atoms with van der Waals surface area (Å²) in [6.45, 7) is 5.62. The Morgan fingerprint density at radius 2 is 2.21 bits per heavy atom. The van der Waals surface area contributed by atoms with Gasteiger partial charge in [0.2, 0.25) is 0 Å². The molecule has 1 atom stereocenters. The average molecular weight is 258 g/mol. The Kier molecular flexibility index (Phi) is 3.70. The highest BCUT2D eigenvalue weighted by Gasteiger charge is 2.23. The fourth-order valence-corrected chi connectivity index (χ4v) is 1.83. The van der Waals surface area contributed by atoms with E-state index < -0.39 is 12.0 Å². The Morgan fingerprint density at radius 1 is 1.47 bits per heavy atom. The van der Waals surface area contributed by atoms with Crippen LogP contribution in [0.25, 0.3) is 10.9 Å². The summed E-state index contributed by atoms with van der Waals surface area (Å²) in [7, 11) is 0. The largest absolute Gasteiger partial charge is 0.480 e. The molecule has 98 valence electrons. The molecule has 1 aromatic carbocycles. The zero-order valence-corrected chi connectivity index (χ0v) is 10.5. The summed E-state index contributed by atoms with van der Waals surface area (Å²) in [6, 6.07) is 6.63. The third-order valence-electron chi connectivity index (χ3n) is 2.86. The number of hydrogen-bond acceptors (Lipinski definition) is 5. The molecule has 1 N–H and O–H groups in total. The first-order valence-corrected chi connectivity index (χ1v) is 5.83. The number of anilines is 1. The van der Waals surface area contributed by atoms with Crippen LogP contribution in [0.5, 0.6) is 0 Å². The minimum Gasteiger partial charge on any atom is -0.480 e. The van der Waals surface area contributed by atoms with Gasteiger partial charge >= 0.3 is 5.97 Å². The highest BCUT2D eigenvalue weighted by Crippen LogP contribution is 2.23. The van der Waals surface area contributed by atoms with E-state index in [0.29, 0.717) is 17.9 Å². The van der Waals surface area contributed by atoms with E-state index in [1.807, 2.05) is 24.3 Å². The summed E-state index contributed by atoms with van der Waals surface area (Å²) in [4.78, 5) is 12.8. The number of carboxylic acids is 1. The number of aliphatic carboxylic acids is 1. The van der Waals surface area contributed by atoms with E-state index in [1.165, 1.54) is 0 Å². The molecule has 0 saturated heterocycles. The summed E-state index contributed by atoms with van der Waals surface area (Å²) in [5.41, 5.74) is 0.680. The lowest BCUT2D eigenvalue weighted by Crippen LogP contribution is -2.40. The predicted octanol–water partition coefficient (Wildman–Crippen LogP) is 1.49. The number of rotatable bonds is 5. The van der Waals surface area contributed by atoms with Gasteiger partial charge in [-0.25, -0.2) is 4.79 Å². The van der Waals surface area contributed by atoms with Gasteiger partial charge in [-0.3, -0.25) is 0 Å². The summed E-state index contributed by atoms with van der Waals surface area (Å²) < 4.78 is 0. The van der Waals surface area contributed by atoms with Crippen molar-refractivity contribution in [3.63, 3.8) is 0 Å². The van der Waals surface area contributed by atoms with Crippen LogP contribution in [-0.2, 0) is 4.79 Å². The normalized spacial score (nSPS) is 12.1. The van der Waals surface area contributed by atoms with Gasteiger partial charge in [0, 0.05) is 11.9 Å². The number of fused-ring (bicyclic) bond motifs is 1. The van der Waals surface area contributed by atoms with Crippen LogP contribution in [0.2, 0.25) is 0 Å². The maximum atomic E-state index is 11.2. The van der Waals surface area contributed by atoms with Gasteiger partial charge < -0.3 is 10.0 Å². The van der Waals surface area contributed by atoms with E-state index in [9.17, 15) is 9.90 Å². The lowest BCUT2D eigenvalue weighted by Gasteiger charge is -2.26. The molecule has 19 heavy (non-hydrogen) atoms. The highest BCUT2D eigenvalue weighted by molar-refractivity contribution is 5.90. The zero-order valence-electron chi connectivity index (χ0n) is 10.5. The monoisotopic (exact) mass is 258 g/mol. The van der Waals surface area contributed by atoms with Crippen LogP contribution in [0.1, 0.15) is 6.92 Å². The van der Waals surface area contributed by atoms with Crippen LogP contribution in [0, 0.1) is 0 Å². The molecule has 0 aliphatic heterocycles. The molecule has 2 rings (SSSR count). The Hall–Kier alpha value is -2.50. The summed E-state index contributed by atoms with van der Waals surface area (Å²) >= 11 is 0. The number of nitrogens with zero attached hydrogens (tertiary/aromatic N) is 4. The first kappa shape index (κ1) is 12.9. The molecule has 6 nitrogen and oxygen atoms in total. The van der Waals surface area contributed by atoms with Gasteiger partial charge in [-0.1, -0.05) is 18.2 Å². The van der Waals surface area contributed by atoms with Crippen molar-refractivity contribution < 1.29 is 9.90 Å². The third kappa shape index (κ3) is 2.52. The van der Waals surface area contributed by atoms with Crippen molar-refractivity contribution in [2.24, 2.45) is 0 Å². The van der Waals surface area contributed by atoms with Gasteiger partial charge in [-0.15, -0.1) is 16.8 Å². The molecular weight excluding hydrogens is 244 g/mol. The van der Waals surface area contributed by atoms with Crippen molar-refractivity contribution in [2.45, 2.75) is 13.0 Å². The number of carbonyl (C=O) groups is 1. The first-order valence-electron chi connectivity index (χ1n) is 5.83. The smallest absolute Gasteiger partial charge is 0.326 e. The summed E-state index contributed by atoms with van der Waals surface area (Å²) in [6.07, 6.45) is 1.64. The quantitative estimate of drug-likeness (QED) is 0.818. The standard InChI is InChI=1S/C13H14N4O2/c1-3-8-17(9(2)13(18)19)12-10-6-4-5-7-11(10)14-16-15-12/h3-7,9H,1,8H2,2H3,(H,18,19). The lowest BCUT2D eigenvalue weighted by atomic mass is 10.2. The van der Waals surface area contributed by atoms with E-state index in [0.717, 1.165) is 5.39 Å². The molecule has 2 aromatic rings. The van der Waals surface area contributed by atoms with Crippen molar-refractivity contribution in [1.82, 2.24) is 15.4 Å². The van der Waals surface area contributed by atoms with E-state index in [1.54, 1.807) is 17.9 Å². The molecule has 1 unspecified atom stereocenters.